The molecule has 294 valence electrons. The van der Waals surface area contributed by atoms with Crippen LogP contribution in [0.15, 0.2) is 72.8 Å². The number of morpholine rings is 2. The van der Waals surface area contributed by atoms with E-state index in [9.17, 15) is 9.59 Å². The summed E-state index contributed by atoms with van der Waals surface area (Å²) >= 11 is 14.7. The summed E-state index contributed by atoms with van der Waals surface area (Å²) in [5, 5.41) is 14.6. The van der Waals surface area contributed by atoms with Crippen molar-refractivity contribution in [3.63, 3.8) is 0 Å². The molecule has 4 heterocycles. The van der Waals surface area contributed by atoms with Gasteiger partial charge in [0.05, 0.1) is 36.5 Å². The van der Waals surface area contributed by atoms with Gasteiger partial charge in [-0.1, -0.05) is 83.9 Å². The predicted molar refractivity (Wildman–Crippen MR) is 225 cm³/mol. The van der Waals surface area contributed by atoms with Crippen LogP contribution >= 0.6 is 23.2 Å². The lowest BCUT2D eigenvalue weighted by atomic mass is 9.94. The summed E-state index contributed by atoms with van der Waals surface area (Å²) in [5.74, 6) is 0.263. The highest BCUT2D eigenvalue weighted by Gasteiger charge is 2.24. The van der Waals surface area contributed by atoms with Gasteiger partial charge in [0.2, 0.25) is 11.8 Å². The molecule has 4 fully saturated rings. The molecule has 0 aromatic heterocycles. The van der Waals surface area contributed by atoms with Crippen LogP contribution in [0.3, 0.4) is 0 Å². The van der Waals surface area contributed by atoms with Gasteiger partial charge in [-0.05, 0) is 47.2 Å². The zero-order valence-corrected chi connectivity index (χ0v) is 33.2. The first-order valence-electron chi connectivity index (χ1n) is 19.9. The van der Waals surface area contributed by atoms with Crippen LogP contribution in [0, 0.1) is 0 Å². The zero-order chi connectivity index (χ0) is 38.4. The number of hydrogen-bond acceptors (Lipinski definition) is 8. The van der Waals surface area contributed by atoms with Crippen LogP contribution in [-0.2, 0) is 32.2 Å². The van der Waals surface area contributed by atoms with Gasteiger partial charge in [0.1, 0.15) is 0 Å². The van der Waals surface area contributed by atoms with Crippen molar-refractivity contribution < 1.29 is 19.1 Å². The highest BCUT2D eigenvalue weighted by molar-refractivity contribution is 6.39. The van der Waals surface area contributed by atoms with Gasteiger partial charge in [-0.3, -0.25) is 9.59 Å². The van der Waals surface area contributed by atoms with Crippen molar-refractivity contribution in [3.05, 3.63) is 94.0 Å². The lowest BCUT2D eigenvalue weighted by Crippen LogP contribution is -2.38. The number of nitrogens with zero attached hydrogens (tertiary/aromatic N) is 2. The molecule has 4 aromatic carbocycles. The van der Waals surface area contributed by atoms with Crippen LogP contribution in [0.5, 0.6) is 0 Å². The Kier molecular flexibility index (Phi) is 12.4. The molecule has 0 radical (unpaired) electrons. The maximum Gasteiger partial charge on any atom is 0.220 e. The Bertz CT molecular complexity index is 1910. The number of carbonyl (C=O) groups excluding carboxylic acids is 2. The van der Waals surface area contributed by atoms with Crippen LogP contribution in [-0.4, -0.2) is 89.6 Å². The van der Waals surface area contributed by atoms with Crippen molar-refractivity contribution in [2.75, 3.05) is 75.5 Å². The van der Waals surface area contributed by atoms with E-state index < -0.39 is 0 Å². The van der Waals surface area contributed by atoms with Crippen LogP contribution in [0.25, 0.3) is 33.4 Å². The van der Waals surface area contributed by atoms with Gasteiger partial charge in [-0.2, -0.15) is 0 Å². The summed E-state index contributed by atoms with van der Waals surface area (Å²) in [4.78, 5) is 28.2. The molecule has 0 bridgehead atoms. The molecule has 0 aliphatic carbocycles. The summed E-state index contributed by atoms with van der Waals surface area (Å²) < 4.78 is 11.4. The first-order valence-corrected chi connectivity index (χ1v) is 20.7. The van der Waals surface area contributed by atoms with Gasteiger partial charge in [0, 0.05) is 111 Å². The van der Waals surface area contributed by atoms with Gasteiger partial charge in [0.25, 0.3) is 0 Å². The van der Waals surface area contributed by atoms with E-state index in [4.69, 9.17) is 32.7 Å². The molecule has 4 aromatic rings. The van der Waals surface area contributed by atoms with E-state index in [0.29, 0.717) is 62.4 Å². The fourth-order valence-corrected chi connectivity index (χ4v) is 8.98. The lowest BCUT2D eigenvalue weighted by molar-refractivity contribution is -0.120. The Morgan fingerprint density at radius 3 is 1.39 bits per heavy atom. The fraction of sp³-hybridized carbons (Fsp3) is 0.409. The topological polar surface area (TPSA) is 107 Å². The molecule has 8 rings (SSSR count). The number of nitrogens with one attached hydrogen (secondary N) is 4. The second kappa shape index (κ2) is 18.0. The summed E-state index contributed by atoms with van der Waals surface area (Å²) in [6.07, 6.45) is 2.93. The van der Waals surface area contributed by atoms with Crippen LogP contribution in [0.4, 0.5) is 11.4 Å². The summed E-state index contributed by atoms with van der Waals surface area (Å²) in [7, 11) is 0. The average molecular weight is 798 g/mol. The molecular weight excluding hydrogens is 747 g/mol. The van der Waals surface area contributed by atoms with Crippen molar-refractivity contribution in [2.45, 2.75) is 50.9 Å². The molecule has 4 aliphatic heterocycles. The molecule has 4 saturated heterocycles. The normalized spacial score (nSPS) is 20.0. The quantitative estimate of drug-likeness (QED) is 0.123. The molecule has 10 nitrogen and oxygen atoms in total. The van der Waals surface area contributed by atoms with E-state index in [-0.39, 0.29) is 23.9 Å². The van der Waals surface area contributed by atoms with Crippen LogP contribution in [0.2, 0.25) is 10.0 Å². The molecule has 2 unspecified atom stereocenters. The Morgan fingerprint density at radius 1 is 0.589 bits per heavy atom. The number of anilines is 2. The smallest absolute Gasteiger partial charge is 0.220 e. The number of amides is 2. The van der Waals surface area contributed by atoms with Crippen molar-refractivity contribution in [2.24, 2.45) is 0 Å². The number of carbonyl (C=O) groups is 2. The van der Waals surface area contributed by atoms with Gasteiger partial charge in [0.15, 0.2) is 0 Å². The highest BCUT2D eigenvalue weighted by atomic mass is 35.5. The average Bonchev–Trinajstić information content (AvgIpc) is 3.85. The number of rotatable bonds is 13. The Morgan fingerprint density at radius 2 is 1.00 bits per heavy atom. The van der Waals surface area contributed by atoms with Crippen molar-refractivity contribution in [1.82, 2.24) is 21.3 Å². The second-order valence-corrected chi connectivity index (χ2v) is 15.8. The molecule has 0 saturated carbocycles. The van der Waals surface area contributed by atoms with Crippen LogP contribution < -0.4 is 31.1 Å². The largest absolute Gasteiger partial charge is 0.378 e. The third-order valence-electron chi connectivity index (χ3n) is 11.4. The monoisotopic (exact) mass is 796 g/mol. The minimum Gasteiger partial charge on any atom is -0.378 e. The fourth-order valence-electron chi connectivity index (χ4n) is 8.31. The third-order valence-corrected chi connectivity index (χ3v) is 12.2. The van der Waals surface area contributed by atoms with E-state index in [2.05, 4.69) is 91.7 Å². The van der Waals surface area contributed by atoms with Gasteiger partial charge >= 0.3 is 0 Å². The first-order chi connectivity index (χ1) is 27.4. The summed E-state index contributed by atoms with van der Waals surface area (Å²) in [6.45, 7) is 8.87. The molecule has 12 heteroatoms. The number of benzene rings is 4. The minimum absolute atomic E-state index is 0.131. The van der Waals surface area contributed by atoms with Gasteiger partial charge < -0.3 is 40.5 Å². The molecule has 4 aliphatic rings. The van der Waals surface area contributed by atoms with E-state index >= 15 is 0 Å². The number of hydrogen-bond donors (Lipinski definition) is 4. The van der Waals surface area contributed by atoms with E-state index in [1.54, 1.807) is 0 Å². The number of ether oxygens (including phenoxy) is 2. The molecular formula is C44H50Cl2N6O4. The molecule has 2 amide bonds. The van der Waals surface area contributed by atoms with Crippen LogP contribution in [0.1, 0.15) is 36.8 Å². The Labute approximate surface area is 339 Å². The van der Waals surface area contributed by atoms with E-state index in [0.717, 1.165) is 96.9 Å². The SMILES string of the molecule is O=C1CCC(CNCc2ccc(-c3cccc(-c4cccc(-c5ccc(CNCC6CCC(=O)N6)c(N6CCOCC6)c5)c4Cl)c3Cl)cc2N2CCOCC2)N1. The maximum absolute atomic E-state index is 11.7. The zero-order valence-electron chi connectivity index (χ0n) is 31.7. The first kappa shape index (κ1) is 38.7. The molecule has 56 heavy (non-hydrogen) atoms. The standard InChI is InChI=1S/C44H50Cl2N6O4/c45-43-35(29-7-9-31(25-47-27-33-11-13-41(53)49-33)39(23-29)51-15-19-55-20-16-51)3-1-5-37(43)38-6-2-4-36(44(38)46)30-8-10-32(26-48-28-34-12-14-42(54)50-34)40(24-30)52-17-21-56-22-18-52/h1-10,23-24,33-34,47-48H,11-22,25-28H2,(H,49,53)(H,50,54). The van der Waals surface area contributed by atoms with Crippen molar-refractivity contribution in [3.8, 4) is 33.4 Å². The molecule has 2 atom stereocenters. The summed E-state index contributed by atoms with van der Waals surface area (Å²) in [6, 6.07) is 25.8. The van der Waals surface area contributed by atoms with E-state index in [1.807, 2.05) is 12.1 Å². The molecule has 4 N–H and O–H groups in total. The maximum atomic E-state index is 11.7. The summed E-state index contributed by atoms with van der Waals surface area (Å²) in [5.41, 5.74) is 10.4. The third kappa shape index (κ3) is 8.86. The van der Waals surface area contributed by atoms with Crippen molar-refractivity contribution >= 4 is 46.4 Å². The highest BCUT2D eigenvalue weighted by Crippen LogP contribution is 2.44. The predicted octanol–water partition coefficient (Wildman–Crippen LogP) is 6.40. The number of halogens is 2. The Balaban J connectivity index is 1.06. The van der Waals surface area contributed by atoms with Crippen molar-refractivity contribution in [1.29, 1.82) is 0 Å². The van der Waals surface area contributed by atoms with Gasteiger partial charge in [-0.15, -0.1) is 0 Å². The second-order valence-electron chi connectivity index (χ2n) is 15.1. The lowest BCUT2D eigenvalue weighted by Gasteiger charge is -2.31. The minimum atomic E-state index is 0.131. The van der Waals surface area contributed by atoms with E-state index in [1.165, 1.54) is 11.1 Å². The Hall–Kier alpha value is -4.16. The molecule has 0 spiro atoms. The van der Waals surface area contributed by atoms with Gasteiger partial charge in [-0.25, -0.2) is 0 Å².